The lowest BCUT2D eigenvalue weighted by molar-refractivity contribution is -0.205. The number of ether oxygens (including phenoxy) is 4. The van der Waals surface area contributed by atoms with E-state index in [1.165, 1.54) is 12.1 Å². The van der Waals surface area contributed by atoms with E-state index in [1.54, 1.807) is 13.2 Å². The number of hydrogen-bond donors (Lipinski definition) is 0. The van der Waals surface area contributed by atoms with Crippen molar-refractivity contribution in [1.82, 2.24) is 0 Å². The lowest BCUT2D eigenvalue weighted by Crippen LogP contribution is -2.44. The summed E-state index contributed by atoms with van der Waals surface area (Å²) in [6.07, 6.45) is -5.12. The Morgan fingerprint density at radius 3 is 2.73 bits per heavy atom. The fourth-order valence-corrected chi connectivity index (χ4v) is 2.84. The van der Waals surface area contributed by atoms with Crippen LogP contribution in [-0.2, 0) is 31.7 Å². The summed E-state index contributed by atoms with van der Waals surface area (Å²) in [5, 5.41) is 0. The molecule has 0 aliphatic carbocycles. The maximum atomic E-state index is 13.0. The smallest absolute Gasteiger partial charge is 0.379 e. The summed E-state index contributed by atoms with van der Waals surface area (Å²) in [4.78, 5) is 0. The van der Waals surface area contributed by atoms with Crippen molar-refractivity contribution >= 4 is 0 Å². The molecule has 3 rings (SSSR count). The Hall–Kier alpha value is -1.15. The van der Waals surface area contributed by atoms with Crippen molar-refractivity contribution in [2.24, 2.45) is 0 Å². The minimum atomic E-state index is -4.40. The maximum Gasteiger partial charge on any atom is 0.416 e. The number of benzene rings is 1. The molecule has 2 aliphatic heterocycles. The van der Waals surface area contributed by atoms with E-state index in [2.05, 4.69) is 0 Å². The van der Waals surface area contributed by atoms with Gasteiger partial charge in [0.25, 0.3) is 0 Å². The van der Waals surface area contributed by atoms with E-state index in [9.17, 15) is 13.2 Å². The highest BCUT2D eigenvalue weighted by atomic mass is 19.4. The number of methoxy groups -OCH3 is 1. The van der Waals surface area contributed by atoms with Crippen molar-refractivity contribution in [1.29, 1.82) is 0 Å². The van der Waals surface area contributed by atoms with E-state index in [1.807, 2.05) is 0 Å². The van der Waals surface area contributed by atoms with E-state index in [0.717, 1.165) is 6.07 Å². The van der Waals surface area contributed by atoms with E-state index in [-0.39, 0.29) is 24.4 Å². The third-order valence-electron chi connectivity index (χ3n) is 3.99. The molecule has 4 atom stereocenters. The molecule has 0 radical (unpaired) electrons. The van der Waals surface area contributed by atoms with Crippen molar-refractivity contribution in [2.75, 3.05) is 13.7 Å². The molecule has 2 bridgehead atoms. The number of fused-ring (bicyclic) bond motifs is 2. The topological polar surface area (TPSA) is 36.9 Å². The highest BCUT2D eigenvalue weighted by molar-refractivity contribution is 5.29. The molecule has 1 aromatic carbocycles. The van der Waals surface area contributed by atoms with Crippen molar-refractivity contribution in [3.63, 3.8) is 0 Å². The van der Waals surface area contributed by atoms with Crippen molar-refractivity contribution in [3.8, 4) is 0 Å². The van der Waals surface area contributed by atoms with Crippen LogP contribution in [0.3, 0.4) is 0 Å². The molecule has 7 heteroatoms. The van der Waals surface area contributed by atoms with Gasteiger partial charge in [-0.15, -0.1) is 0 Å². The Morgan fingerprint density at radius 2 is 2.00 bits per heavy atom. The Morgan fingerprint density at radius 1 is 1.23 bits per heavy atom. The molecule has 0 amide bonds. The highest BCUT2D eigenvalue weighted by Crippen LogP contribution is 2.34. The Labute approximate surface area is 126 Å². The quantitative estimate of drug-likeness (QED) is 0.855. The summed E-state index contributed by atoms with van der Waals surface area (Å²) < 4.78 is 60.9. The molecular weight excluding hydrogens is 301 g/mol. The van der Waals surface area contributed by atoms with Crippen LogP contribution in [-0.4, -0.2) is 38.3 Å². The first-order valence-corrected chi connectivity index (χ1v) is 7.05. The van der Waals surface area contributed by atoms with E-state index < -0.39 is 24.1 Å². The predicted molar refractivity (Wildman–Crippen MR) is 70.0 cm³/mol. The molecule has 2 heterocycles. The molecule has 2 saturated heterocycles. The average Bonchev–Trinajstić information content (AvgIpc) is 2.91. The fraction of sp³-hybridized carbons (Fsp3) is 0.600. The van der Waals surface area contributed by atoms with Crippen LogP contribution in [0.25, 0.3) is 0 Å². The first-order valence-electron chi connectivity index (χ1n) is 7.05. The van der Waals surface area contributed by atoms with Gasteiger partial charge in [-0.25, -0.2) is 0 Å². The van der Waals surface area contributed by atoms with Crippen molar-refractivity contribution < 1.29 is 32.1 Å². The number of halogens is 3. The van der Waals surface area contributed by atoms with Gasteiger partial charge < -0.3 is 18.9 Å². The van der Waals surface area contributed by atoms with Crippen LogP contribution >= 0.6 is 0 Å². The van der Waals surface area contributed by atoms with Crippen LogP contribution in [0.4, 0.5) is 13.2 Å². The zero-order valence-electron chi connectivity index (χ0n) is 12.0. The van der Waals surface area contributed by atoms with Crippen LogP contribution in [0.1, 0.15) is 17.5 Å². The maximum absolute atomic E-state index is 13.0. The minimum absolute atomic E-state index is 0.101. The van der Waals surface area contributed by atoms with Gasteiger partial charge in [-0.05, 0) is 11.6 Å². The molecule has 2 aliphatic rings. The molecule has 22 heavy (non-hydrogen) atoms. The second-order valence-corrected chi connectivity index (χ2v) is 5.39. The van der Waals surface area contributed by atoms with E-state index in [0.29, 0.717) is 13.0 Å². The number of alkyl halides is 3. The summed E-state index contributed by atoms with van der Waals surface area (Å²) in [6.45, 7) is 0.271. The Kier molecular flexibility index (Phi) is 4.40. The molecule has 0 aromatic heterocycles. The third-order valence-corrected chi connectivity index (χ3v) is 3.99. The van der Waals surface area contributed by atoms with Gasteiger partial charge in [-0.2, -0.15) is 13.2 Å². The van der Waals surface area contributed by atoms with E-state index in [4.69, 9.17) is 18.9 Å². The summed E-state index contributed by atoms with van der Waals surface area (Å²) in [6, 6.07) is 5.39. The summed E-state index contributed by atoms with van der Waals surface area (Å²) in [5.41, 5.74) is -0.579. The zero-order chi connectivity index (χ0) is 15.7. The summed E-state index contributed by atoms with van der Waals surface area (Å²) in [7, 11) is 1.57. The first kappa shape index (κ1) is 15.7. The summed E-state index contributed by atoms with van der Waals surface area (Å²) >= 11 is 0. The third kappa shape index (κ3) is 3.12. The van der Waals surface area contributed by atoms with Gasteiger partial charge in [-0.1, -0.05) is 18.2 Å². The molecule has 122 valence electrons. The molecule has 4 nitrogen and oxygen atoms in total. The highest BCUT2D eigenvalue weighted by Gasteiger charge is 2.45. The average molecular weight is 318 g/mol. The lowest BCUT2D eigenvalue weighted by Gasteiger charge is -2.32. The molecule has 0 unspecified atom stereocenters. The summed E-state index contributed by atoms with van der Waals surface area (Å²) in [5.74, 6) is 0. The zero-order valence-corrected chi connectivity index (χ0v) is 12.0. The van der Waals surface area contributed by atoms with Crippen LogP contribution in [0.2, 0.25) is 0 Å². The fourth-order valence-electron chi connectivity index (χ4n) is 2.84. The molecular formula is C15H17F3O4. The largest absolute Gasteiger partial charge is 0.416 e. The second kappa shape index (κ2) is 6.16. The van der Waals surface area contributed by atoms with E-state index >= 15 is 0 Å². The van der Waals surface area contributed by atoms with Crippen LogP contribution in [0.5, 0.6) is 0 Å². The monoisotopic (exact) mass is 318 g/mol. The Bertz CT molecular complexity index is 520. The predicted octanol–water partition coefficient (Wildman–Crippen LogP) is 2.75. The van der Waals surface area contributed by atoms with Gasteiger partial charge in [0.1, 0.15) is 12.2 Å². The van der Waals surface area contributed by atoms with Gasteiger partial charge >= 0.3 is 6.18 Å². The Balaban J connectivity index is 1.68. The van der Waals surface area contributed by atoms with Crippen molar-refractivity contribution in [3.05, 3.63) is 35.4 Å². The minimum Gasteiger partial charge on any atom is -0.379 e. The number of hydrogen-bond acceptors (Lipinski definition) is 4. The lowest BCUT2D eigenvalue weighted by atomic mass is 10.0. The SMILES string of the molecule is CO[C@H]1C[C@@H](OCc2ccccc2C(F)(F)F)[C@@H]2OC[C@H]1O2. The molecule has 1 aromatic rings. The first-order chi connectivity index (χ1) is 10.5. The normalized spacial score (nSPS) is 31.5. The number of rotatable bonds is 4. The molecule has 0 saturated carbocycles. The molecule has 2 fully saturated rings. The van der Waals surface area contributed by atoms with Gasteiger partial charge in [0, 0.05) is 13.5 Å². The van der Waals surface area contributed by atoms with Gasteiger partial charge in [-0.3, -0.25) is 0 Å². The standard InChI is InChI=1S/C15H17F3O4/c1-19-11-6-12(14-21-8-13(11)22-14)20-7-9-4-2-3-5-10(9)15(16,17)18/h2-5,11-14H,6-8H2,1H3/t11-,12+,13+,14+/m0/s1. The van der Waals surface area contributed by atoms with Crippen molar-refractivity contribution in [2.45, 2.75) is 43.8 Å². The van der Waals surface area contributed by atoms with Crippen LogP contribution in [0, 0.1) is 0 Å². The second-order valence-electron chi connectivity index (χ2n) is 5.39. The van der Waals surface area contributed by atoms with Gasteiger partial charge in [0.05, 0.1) is 24.9 Å². The van der Waals surface area contributed by atoms with Crippen LogP contribution in [0.15, 0.2) is 24.3 Å². The van der Waals surface area contributed by atoms with Gasteiger partial charge in [0.2, 0.25) is 0 Å². The van der Waals surface area contributed by atoms with Crippen LogP contribution < -0.4 is 0 Å². The molecule has 0 N–H and O–H groups in total. The molecule has 0 spiro atoms. The van der Waals surface area contributed by atoms with Gasteiger partial charge in [0.15, 0.2) is 6.29 Å².